The van der Waals surface area contributed by atoms with Gasteiger partial charge in [0, 0.05) is 19.3 Å². The molecule has 2 aromatic rings. The van der Waals surface area contributed by atoms with Crippen molar-refractivity contribution >= 4 is 33.5 Å². The fourth-order valence-electron chi connectivity index (χ4n) is 1.97. The number of ether oxygens (including phenoxy) is 1. The summed E-state index contributed by atoms with van der Waals surface area (Å²) in [7, 11) is 1.68. The Morgan fingerprint density at radius 1 is 1.50 bits per heavy atom. The van der Waals surface area contributed by atoms with Crippen LogP contribution in [0.4, 0.5) is 5.95 Å². The van der Waals surface area contributed by atoms with E-state index in [9.17, 15) is 0 Å². The third kappa shape index (κ3) is 3.34. The van der Waals surface area contributed by atoms with Gasteiger partial charge in [-0.3, -0.25) is 4.57 Å². The minimum Gasteiger partial charge on any atom is -0.383 e. The molecular weight excluding hydrogens is 342 g/mol. The third-order valence-electron chi connectivity index (χ3n) is 2.81. The molecule has 0 aliphatic rings. The minimum atomic E-state index is 0.165. The van der Waals surface area contributed by atoms with Crippen molar-refractivity contribution in [2.24, 2.45) is 0 Å². The largest absolute Gasteiger partial charge is 0.383 e. The first-order chi connectivity index (χ1) is 9.52. The van der Waals surface area contributed by atoms with Crippen LogP contribution in [-0.2, 0) is 4.74 Å². The first-order valence-electron chi connectivity index (χ1n) is 6.28. The van der Waals surface area contributed by atoms with Crippen molar-refractivity contribution in [3.63, 3.8) is 0 Å². The van der Waals surface area contributed by atoms with Crippen LogP contribution in [-0.4, -0.2) is 29.3 Å². The minimum absolute atomic E-state index is 0.165. The Hall–Kier alpha value is -1.04. The first kappa shape index (κ1) is 15.4. The summed E-state index contributed by atoms with van der Waals surface area (Å²) < 4.78 is 7.97. The monoisotopic (exact) mass is 357 g/mol. The van der Waals surface area contributed by atoms with Gasteiger partial charge in [0.05, 0.1) is 27.5 Å². The van der Waals surface area contributed by atoms with Gasteiger partial charge in [0.1, 0.15) is 0 Å². The maximum Gasteiger partial charge on any atom is 0.208 e. The molecule has 1 aromatic carbocycles. The van der Waals surface area contributed by atoms with Gasteiger partial charge in [-0.1, -0.05) is 17.7 Å². The van der Waals surface area contributed by atoms with E-state index in [1.807, 2.05) is 42.8 Å². The van der Waals surface area contributed by atoms with Crippen LogP contribution < -0.4 is 5.32 Å². The van der Waals surface area contributed by atoms with Gasteiger partial charge in [-0.2, -0.15) is 0 Å². The Morgan fingerprint density at radius 3 is 2.95 bits per heavy atom. The van der Waals surface area contributed by atoms with Crippen molar-refractivity contribution in [2.75, 3.05) is 19.0 Å². The highest BCUT2D eigenvalue weighted by Crippen LogP contribution is 2.31. The Labute approximate surface area is 132 Å². The van der Waals surface area contributed by atoms with Crippen LogP contribution in [0, 0.1) is 6.92 Å². The van der Waals surface area contributed by atoms with Gasteiger partial charge in [-0.25, -0.2) is 4.98 Å². The lowest BCUT2D eigenvalue weighted by molar-refractivity contribution is 0.190. The predicted molar refractivity (Wildman–Crippen MR) is 86.0 cm³/mol. The van der Waals surface area contributed by atoms with Crippen molar-refractivity contribution in [1.82, 2.24) is 9.55 Å². The Bertz CT molecular complexity index is 600. The third-order valence-corrected chi connectivity index (χ3v) is 4.19. The summed E-state index contributed by atoms with van der Waals surface area (Å²) in [4.78, 5) is 4.51. The number of nitrogens with zero attached hydrogens (tertiary/aromatic N) is 2. The van der Waals surface area contributed by atoms with Crippen LogP contribution in [0.2, 0.25) is 5.02 Å². The summed E-state index contributed by atoms with van der Waals surface area (Å²) in [5.41, 5.74) is 1.88. The van der Waals surface area contributed by atoms with E-state index in [1.54, 1.807) is 7.11 Å². The summed E-state index contributed by atoms with van der Waals surface area (Å²) in [6.07, 6.45) is 1.97. The maximum atomic E-state index is 6.16. The van der Waals surface area contributed by atoms with E-state index in [4.69, 9.17) is 16.3 Å². The van der Waals surface area contributed by atoms with Crippen molar-refractivity contribution in [3.05, 3.63) is 39.6 Å². The zero-order valence-electron chi connectivity index (χ0n) is 11.7. The normalized spacial score (nSPS) is 12.4. The summed E-state index contributed by atoms with van der Waals surface area (Å²) in [6.45, 7) is 4.62. The van der Waals surface area contributed by atoms with Crippen LogP contribution in [0.25, 0.3) is 5.69 Å². The number of nitrogens with one attached hydrogen (secondary N) is 1. The van der Waals surface area contributed by atoms with Gasteiger partial charge in [0.2, 0.25) is 5.95 Å². The molecule has 0 saturated heterocycles. The molecule has 1 N–H and O–H groups in total. The van der Waals surface area contributed by atoms with Gasteiger partial charge >= 0.3 is 0 Å². The standard InChI is InChI=1S/C14H17BrClN3O/c1-9-7-19(12-6-4-5-11(16)13(12)15)14(17-9)18-10(2)8-20-3/h4-7,10H,8H2,1-3H3,(H,17,18). The molecule has 0 saturated carbocycles. The number of hydrogen-bond donors (Lipinski definition) is 1. The van der Waals surface area contributed by atoms with Gasteiger partial charge in [-0.15, -0.1) is 0 Å². The maximum absolute atomic E-state index is 6.16. The van der Waals surface area contributed by atoms with Crippen LogP contribution in [0.3, 0.4) is 0 Å². The summed E-state index contributed by atoms with van der Waals surface area (Å²) in [6, 6.07) is 5.92. The van der Waals surface area contributed by atoms with Crippen LogP contribution >= 0.6 is 27.5 Å². The van der Waals surface area contributed by atoms with Gasteiger partial charge in [-0.05, 0) is 41.9 Å². The van der Waals surface area contributed by atoms with Crippen LogP contribution in [0.5, 0.6) is 0 Å². The van der Waals surface area contributed by atoms with Crippen molar-refractivity contribution < 1.29 is 4.74 Å². The number of imidazole rings is 1. The topological polar surface area (TPSA) is 39.1 Å². The van der Waals surface area contributed by atoms with Crippen LogP contribution in [0.1, 0.15) is 12.6 Å². The number of rotatable bonds is 5. The highest BCUT2D eigenvalue weighted by molar-refractivity contribution is 9.10. The zero-order chi connectivity index (χ0) is 14.7. The lowest BCUT2D eigenvalue weighted by Crippen LogP contribution is -2.22. The van der Waals surface area contributed by atoms with E-state index in [0.717, 1.165) is 21.8 Å². The number of methoxy groups -OCH3 is 1. The summed E-state index contributed by atoms with van der Waals surface area (Å²) in [5.74, 6) is 0.773. The van der Waals surface area contributed by atoms with Gasteiger partial charge in [0.15, 0.2) is 0 Å². The number of hydrogen-bond acceptors (Lipinski definition) is 3. The quantitative estimate of drug-likeness (QED) is 0.876. The molecule has 0 spiro atoms. The predicted octanol–water partition coefficient (Wildman–Crippen LogP) is 4.04. The summed E-state index contributed by atoms with van der Waals surface area (Å²) in [5, 5.41) is 4.01. The molecule has 0 aliphatic carbocycles. The average Bonchev–Trinajstić information content (AvgIpc) is 2.74. The van der Waals surface area contributed by atoms with E-state index >= 15 is 0 Å². The molecule has 0 bridgehead atoms. The Morgan fingerprint density at radius 2 is 2.25 bits per heavy atom. The second-order valence-corrected chi connectivity index (χ2v) is 5.85. The molecule has 20 heavy (non-hydrogen) atoms. The lowest BCUT2D eigenvalue weighted by atomic mass is 10.3. The number of halogens is 2. The van der Waals surface area contributed by atoms with E-state index < -0.39 is 0 Å². The molecule has 1 aromatic heterocycles. The van der Waals surface area contributed by atoms with Gasteiger partial charge in [0.25, 0.3) is 0 Å². The molecule has 0 fully saturated rings. The molecule has 0 radical (unpaired) electrons. The molecular formula is C14H17BrClN3O. The molecule has 4 nitrogen and oxygen atoms in total. The smallest absolute Gasteiger partial charge is 0.208 e. The van der Waals surface area contributed by atoms with Crippen molar-refractivity contribution in [2.45, 2.75) is 19.9 Å². The Balaban J connectivity index is 2.39. The molecule has 0 amide bonds. The molecule has 6 heteroatoms. The number of aryl methyl sites for hydroxylation is 1. The second-order valence-electron chi connectivity index (χ2n) is 4.65. The zero-order valence-corrected chi connectivity index (χ0v) is 14.0. The number of benzene rings is 1. The number of aromatic nitrogens is 2. The average molecular weight is 359 g/mol. The number of anilines is 1. The molecule has 1 unspecified atom stereocenters. The second kappa shape index (κ2) is 6.61. The molecule has 108 valence electrons. The molecule has 1 atom stereocenters. The lowest BCUT2D eigenvalue weighted by Gasteiger charge is -2.16. The molecule has 2 rings (SSSR count). The first-order valence-corrected chi connectivity index (χ1v) is 7.46. The van der Waals surface area contributed by atoms with E-state index in [-0.39, 0.29) is 6.04 Å². The fraction of sp³-hybridized carbons (Fsp3) is 0.357. The van der Waals surface area contributed by atoms with Crippen molar-refractivity contribution in [1.29, 1.82) is 0 Å². The van der Waals surface area contributed by atoms with E-state index in [1.165, 1.54) is 0 Å². The highest BCUT2D eigenvalue weighted by Gasteiger charge is 2.13. The van der Waals surface area contributed by atoms with E-state index in [0.29, 0.717) is 11.6 Å². The SMILES string of the molecule is COCC(C)Nc1nc(C)cn1-c1cccc(Cl)c1Br. The van der Waals surface area contributed by atoms with Gasteiger partial charge < -0.3 is 10.1 Å². The molecule has 1 heterocycles. The highest BCUT2D eigenvalue weighted by atomic mass is 79.9. The fourth-order valence-corrected chi connectivity index (χ4v) is 2.60. The molecule has 0 aliphatic heterocycles. The summed E-state index contributed by atoms with van der Waals surface area (Å²) >= 11 is 9.68. The van der Waals surface area contributed by atoms with Crippen LogP contribution in [0.15, 0.2) is 28.9 Å². The van der Waals surface area contributed by atoms with Crippen molar-refractivity contribution in [3.8, 4) is 5.69 Å². The Kier molecular flexibility index (Phi) is 5.07. The van der Waals surface area contributed by atoms with E-state index in [2.05, 4.69) is 26.2 Å².